The maximum atomic E-state index is 11.7. The number of nitrogens with two attached hydrogens (primary N) is 1. The van der Waals surface area contributed by atoms with Crippen LogP contribution in [0.5, 0.6) is 0 Å². The van der Waals surface area contributed by atoms with E-state index in [1.165, 1.54) is 36.8 Å². The number of hydrogen-bond acceptors (Lipinski definition) is 2. The van der Waals surface area contributed by atoms with E-state index in [2.05, 4.69) is 17.4 Å². The number of amides is 2. The highest BCUT2D eigenvalue weighted by atomic mass is 16.2. The van der Waals surface area contributed by atoms with Crippen molar-refractivity contribution in [3.8, 4) is 0 Å². The Morgan fingerprint density at radius 2 is 2.00 bits per heavy atom. The molecule has 0 aromatic heterocycles. The first kappa shape index (κ1) is 13.1. The zero-order chi connectivity index (χ0) is 14.6. The number of anilines is 1. The van der Waals surface area contributed by atoms with Crippen LogP contribution >= 0.6 is 0 Å². The largest absolute Gasteiger partial charge is 0.324 e. The Morgan fingerprint density at radius 1 is 1.29 bits per heavy atom. The molecule has 4 rings (SSSR count). The maximum Gasteiger partial charge on any atom is 0.321 e. The van der Waals surface area contributed by atoms with Gasteiger partial charge in [0, 0.05) is 25.3 Å². The highest BCUT2D eigenvalue weighted by Gasteiger charge is 2.53. The van der Waals surface area contributed by atoms with Gasteiger partial charge in [-0.2, -0.15) is 0 Å². The third kappa shape index (κ3) is 2.13. The predicted octanol–water partition coefficient (Wildman–Crippen LogP) is 3.10. The van der Waals surface area contributed by atoms with Gasteiger partial charge in [-0.1, -0.05) is 25.0 Å². The number of carbonyl (C=O) groups is 1. The van der Waals surface area contributed by atoms with Gasteiger partial charge in [0.15, 0.2) is 0 Å². The minimum absolute atomic E-state index is 0.0345. The van der Waals surface area contributed by atoms with Gasteiger partial charge >= 0.3 is 6.03 Å². The molecule has 3 atom stereocenters. The third-order valence-corrected chi connectivity index (χ3v) is 5.65. The molecule has 3 aliphatic rings. The van der Waals surface area contributed by atoms with Crippen LogP contribution in [0.25, 0.3) is 0 Å². The summed E-state index contributed by atoms with van der Waals surface area (Å²) in [6.07, 6.45) is 5.50. The van der Waals surface area contributed by atoms with Gasteiger partial charge in [-0.25, -0.2) is 4.79 Å². The second-order valence-corrected chi connectivity index (χ2v) is 6.92. The monoisotopic (exact) mass is 285 g/mol. The first-order valence-electron chi connectivity index (χ1n) is 8.05. The lowest BCUT2D eigenvalue weighted by atomic mass is 9.97. The number of nitrogens with zero attached hydrogens (tertiary/aromatic N) is 1. The lowest BCUT2D eigenvalue weighted by Gasteiger charge is -2.27. The number of nitrogens with one attached hydrogen (secondary N) is 1. The SMILES string of the molecule is CN1Cc2cc(C(N)C3C4CCCCC43)ccc2NC1=O. The summed E-state index contributed by atoms with van der Waals surface area (Å²) >= 11 is 0. The highest BCUT2D eigenvalue weighted by molar-refractivity contribution is 5.92. The van der Waals surface area contributed by atoms with Gasteiger partial charge in [-0.05, 0) is 47.8 Å². The van der Waals surface area contributed by atoms with Crippen LogP contribution in [0.1, 0.15) is 42.9 Å². The predicted molar refractivity (Wildman–Crippen MR) is 82.8 cm³/mol. The van der Waals surface area contributed by atoms with Crippen LogP contribution in [-0.2, 0) is 6.54 Å². The van der Waals surface area contributed by atoms with E-state index >= 15 is 0 Å². The Balaban J connectivity index is 1.56. The molecule has 21 heavy (non-hydrogen) atoms. The standard InChI is InChI=1S/C17H23N3O/c1-20-9-11-8-10(6-7-14(11)19-17(20)21)16(18)15-12-4-2-3-5-13(12)15/h6-8,12-13,15-16H,2-5,9,18H2,1H3,(H,19,21). The molecule has 0 bridgehead atoms. The van der Waals surface area contributed by atoms with Crippen LogP contribution in [0, 0.1) is 17.8 Å². The highest BCUT2D eigenvalue weighted by Crippen LogP contribution is 2.59. The molecule has 0 spiro atoms. The van der Waals surface area contributed by atoms with Gasteiger partial charge in [0.25, 0.3) is 0 Å². The molecule has 4 heteroatoms. The van der Waals surface area contributed by atoms with Crippen LogP contribution in [0.15, 0.2) is 18.2 Å². The van der Waals surface area contributed by atoms with Crippen molar-refractivity contribution in [2.45, 2.75) is 38.3 Å². The van der Waals surface area contributed by atoms with E-state index in [-0.39, 0.29) is 12.1 Å². The molecule has 1 aromatic rings. The van der Waals surface area contributed by atoms with Crippen molar-refractivity contribution in [2.24, 2.45) is 23.5 Å². The van der Waals surface area contributed by atoms with E-state index in [9.17, 15) is 4.79 Å². The molecule has 3 N–H and O–H groups in total. The molecule has 2 amide bonds. The van der Waals surface area contributed by atoms with Crippen LogP contribution < -0.4 is 11.1 Å². The van der Waals surface area contributed by atoms with Crippen molar-refractivity contribution in [2.75, 3.05) is 12.4 Å². The van der Waals surface area contributed by atoms with Crippen molar-refractivity contribution in [3.05, 3.63) is 29.3 Å². The minimum atomic E-state index is -0.0345. The summed E-state index contributed by atoms with van der Waals surface area (Å²) in [6.45, 7) is 0.666. The molecule has 4 nitrogen and oxygen atoms in total. The quantitative estimate of drug-likeness (QED) is 0.877. The summed E-state index contributed by atoms with van der Waals surface area (Å²) in [6, 6.07) is 6.43. The lowest BCUT2D eigenvalue weighted by molar-refractivity contribution is 0.218. The van der Waals surface area contributed by atoms with Crippen molar-refractivity contribution < 1.29 is 4.79 Å². The first-order valence-corrected chi connectivity index (χ1v) is 8.05. The van der Waals surface area contributed by atoms with E-state index < -0.39 is 0 Å². The van der Waals surface area contributed by atoms with Gasteiger partial charge in [-0.15, -0.1) is 0 Å². The molecule has 0 saturated heterocycles. The molecule has 2 saturated carbocycles. The second-order valence-electron chi connectivity index (χ2n) is 6.92. The zero-order valence-electron chi connectivity index (χ0n) is 12.5. The van der Waals surface area contributed by atoms with Gasteiger partial charge in [0.1, 0.15) is 0 Å². The summed E-state index contributed by atoms with van der Waals surface area (Å²) in [5.41, 5.74) is 9.90. The Hall–Kier alpha value is -1.55. The fraction of sp³-hybridized carbons (Fsp3) is 0.588. The van der Waals surface area contributed by atoms with Crippen molar-refractivity contribution >= 4 is 11.7 Å². The summed E-state index contributed by atoms with van der Waals surface area (Å²) in [4.78, 5) is 13.4. The number of hydrogen-bond donors (Lipinski definition) is 2. The number of fused-ring (bicyclic) bond motifs is 2. The second kappa shape index (κ2) is 4.73. The van der Waals surface area contributed by atoms with Crippen molar-refractivity contribution in [3.63, 3.8) is 0 Å². The third-order valence-electron chi connectivity index (χ3n) is 5.65. The number of urea groups is 1. The van der Waals surface area contributed by atoms with Gasteiger partial charge in [0.05, 0.1) is 0 Å². The number of benzene rings is 1. The molecule has 1 aliphatic heterocycles. The van der Waals surface area contributed by atoms with Crippen LogP contribution in [0.4, 0.5) is 10.5 Å². The summed E-state index contributed by atoms with van der Waals surface area (Å²) in [7, 11) is 1.82. The topological polar surface area (TPSA) is 58.4 Å². The molecule has 2 aliphatic carbocycles. The molecule has 3 unspecified atom stereocenters. The van der Waals surface area contributed by atoms with Crippen molar-refractivity contribution in [1.29, 1.82) is 0 Å². The zero-order valence-corrected chi connectivity index (χ0v) is 12.5. The summed E-state index contributed by atoms with van der Waals surface area (Å²) in [5, 5.41) is 2.92. The van der Waals surface area contributed by atoms with Crippen LogP contribution in [-0.4, -0.2) is 18.0 Å². The Morgan fingerprint density at radius 3 is 2.71 bits per heavy atom. The number of rotatable bonds is 2. The molecular formula is C17H23N3O. The molecule has 2 fully saturated rings. The van der Waals surface area contributed by atoms with Crippen LogP contribution in [0.2, 0.25) is 0 Å². The molecule has 1 aromatic carbocycles. The maximum absolute atomic E-state index is 11.7. The van der Waals surface area contributed by atoms with E-state index in [0.717, 1.165) is 17.5 Å². The minimum Gasteiger partial charge on any atom is -0.324 e. The summed E-state index contributed by atoms with van der Waals surface area (Å²) in [5.74, 6) is 2.42. The van der Waals surface area contributed by atoms with Crippen molar-refractivity contribution in [1.82, 2.24) is 4.90 Å². The Kier molecular flexibility index (Phi) is 2.96. The van der Waals surface area contributed by atoms with Gasteiger partial charge < -0.3 is 16.0 Å². The van der Waals surface area contributed by atoms with Gasteiger partial charge in [0.2, 0.25) is 0 Å². The molecular weight excluding hydrogens is 262 g/mol. The Labute approximate surface area is 125 Å². The Bertz CT molecular complexity index is 573. The molecule has 1 heterocycles. The van der Waals surface area contributed by atoms with E-state index in [1.807, 2.05) is 13.1 Å². The average molecular weight is 285 g/mol. The lowest BCUT2D eigenvalue weighted by Crippen LogP contribution is -2.35. The fourth-order valence-corrected chi connectivity index (χ4v) is 4.41. The first-order chi connectivity index (χ1) is 10.1. The summed E-state index contributed by atoms with van der Waals surface area (Å²) < 4.78 is 0. The van der Waals surface area contributed by atoms with E-state index in [1.54, 1.807) is 4.90 Å². The van der Waals surface area contributed by atoms with E-state index in [0.29, 0.717) is 12.5 Å². The average Bonchev–Trinajstić information content (AvgIpc) is 3.21. The van der Waals surface area contributed by atoms with Crippen LogP contribution in [0.3, 0.4) is 0 Å². The smallest absolute Gasteiger partial charge is 0.321 e. The molecule has 112 valence electrons. The fourth-order valence-electron chi connectivity index (χ4n) is 4.41. The normalized spacial score (nSPS) is 32.0. The van der Waals surface area contributed by atoms with Gasteiger partial charge in [-0.3, -0.25) is 0 Å². The number of carbonyl (C=O) groups excluding carboxylic acids is 1. The molecule has 0 radical (unpaired) electrons. The van der Waals surface area contributed by atoms with E-state index in [4.69, 9.17) is 5.73 Å².